The predicted molar refractivity (Wildman–Crippen MR) is 77.5 cm³/mol. The molecule has 0 fully saturated rings. The third-order valence-electron chi connectivity index (χ3n) is 2.99. The van der Waals surface area contributed by atoms with Crippen LogP contribution in [0.15, 0.2) is 41.2 Å². The van der Waals surface area contributed by atoms with Crippen LogP contribution < -0.4 is 10.9 Å². The summed E-state index contributed by atoms with van der Waals surface area (Å²) in [5.41, 5.74) is 1.92. The highest BCUT2D eigenvalue weighted by Gasteiger charge is 2.02. The fourth-order valence-electron chi connectivity index (χ4n) is 2.06. The van der Waals surface area contributed by atoms with Crippen LogP contribution in [0.4, 0.5) is 5.69 Å². The number of anilines is 1. The van der Waals surface area contributed by atoms with Crippen LogP contribution in [-0.4, -0.2) is 16.1 Å². The molecule has 1 heterocycles. The summed E-state index contributed by atoms with van der Waals surface area (Å²) in [7, 11) is 0. The lowest BCUT2D eigenvalue weighted by atomic mass is 10.3. The van der Waals surface area contributed by atoms with Gasteiger partial charge in [-0.25, -0.2) is 4.98 Å². The maximum atomic E-state index is 11.8. The molecule has 0 spiro atoms. The zero-order valence-electron chi connectivity index (χ0n) is 11.4. The molecule has 1 aromatic heterocycles. The number of aryl methyl sites for hydroxylation is 2. The summed E-state index contributed by atoms with van der Waals surface area (Å²) in [6.07, 6.45) is 0.889. The highest BCUT2D eigenvalue weighted by Crippen LogP contribution is 2.04. The maximum Gasteiger partial charge on any atom is 0.253 e. The first-order valence-corrected chi connectivity index (χ1v) is 6.51. The van der Waals surface area contributed by atoms with Crippen LogP contribution in [0.2, 0.25) is 0 Å². The molecular formula is C15H19N3O. The topological polar surface area (TPSA) is 46.9 Å². The van der Waals surface area contributed by atoms with E-state index in [0.717, 1.165) is 30.2 Å². The SMILES string of the molecule is Cc1cc(=O)n(CCCNc2ccccc2)c(C)n1. The number of hydrogen-bond donors (Lipinski definition) is 1. The fourth-order valence-corrected chi connectivity index (χ4v) is 2.06. The van der Waals surface area contributed by atoms with E-state index in [1.54, 1.807) is 10.6 Å². The molecular weight excluding hydrogens is 238 g/mol. The van der Waals surface area contributed by atoms with Gasteiger partial charge in [-0.15, -0.1) is 0 Å². The van der Waals surface area contributed by atoms with Gasteiger partial charge in [0.05, 0.1) is 0 Å². The van der Waals surface area contributed by atoms with E-state index in [1.165, 1.54) is 0 Å². The average molecular weight is 257 g/mol. The highest BCUT2D eigenvalue weighted by atomic mass is 16.1. The zero-order chi connectivity index (χ0) is 13.7. The molecule has 0 unspecified atom stereocenters. The van der Waals surface area contributed by atoms with Gasteiger partial charge in [-0.1, -0.05) is 18.2 Å². The number of nitrogens with one attached hydrogen (secondary N) is 1. The summed E-state index contributed by atoms with van der Waals surface area (Å²) in [4.78, 5) is 16.1. The van der Waals surface area contributed by atoms with Crippen molar-refractivity contribution in [3.8, 4) is 0 Å². The van der Waals surface area contributed by atoms with Crippen molar-refractivity contribution in [3.63, 3.8) is 0 Å². The molecule has 0 aliphatic rings. The molecule has 1 N–H and O–H groups in total. The minimum atomic E-state index is 0.0321. The van der Waals surface area contributed by atoms with Crippen LogP contribution in [0.5, 0.6) is 0 Å². The molecule has 0 radical (unpaired) electrons. The van der Waals surface area contributed by atoms with E-state index in [1.807, 2.05) is 44.2 Å². The molecule has 0 saturated heterocycles. The monoisotopic (exact) mass is 257 g/mol. The molecule has 0 saturated carbocycles. The molecule has 2 rings (SSSR count). The number of para-hydroxylation sites is 1. The maximum absolute atomic E-state index is 11.8. The highest BCUT2D eigenvalue weighted by molar-refractivity contribution is 5.42. The van der Waals surface area contributed by atoms with Crippen molar-refractivity contribution in [1.29, 1.82) is 0 Å². The van der Waals surface area contributed by atoms with E-state index in [-0.39, 0.29) is 5.56 Å². The lowest BCUT2D eigenvalue weighted by Gasteiger charge is -2.10. The normalized spacial score (nSPS) is 10.4. The van der Waals surface area contributed by atoms with Crippen molar-refractivity contribution in [1.82, 2.24) is 9.55 Å². The third kappa shape index (κ3) is 3.68. The van der Waals surface area contributed by atoms with Gasteiger partial charge in [0, 0.05) is 30.5 Å². The van der Waals surface area contributed by atoms with E-state index in [4.69, 9.17) is 0 Å². The van der Waals surface area contributed by atoms with Crippen LogP contribution >= 0.6 is 0 Å². The first-order chi connectivity index (χ1) is 9.16. The Labute approximate surface area is 113 Å². The van der Waals surface area contributed by atoms with Crippen molar-refractivity contribution in [2.24, 2.45) is 0 Å². The van der Waals surface area contributed by atoms with Gasteiger partial charge >= 0.3 is 0 Å². The minimum absolute atomic E-state index is 0.0321. The smallest absolute Gasteiger partial charge is 0.253 e. The Bertz CT molecular complexity index is 590. The lowest BCUT2D eigenvalue weighted by Crippen LogP contribution is -2.24. The minimum Gasteiger partial charge on any atom is -0.385 e. The lowest BCUT2D eigenvalue weighted by molar-refractivity contribution is 0.603. The summed E-state index contributed by atoms with van der Waals surface area (Å²) in [6.45, 7) is 5.25. The summed E-state index contributed by atoms with van der Waals surface area (Å²) in [6, 6.07) is 11.6. The van der Waals surface area contributed by atoms with Gasteiger partial charge in [0.15, 0.2) is 0 Å². The van der Waals surface area contributed by atoms with Gasteiger partial charge < -0.3 is 5.32 Å². The number of hydrogen-bond acceptors (Lipinski definition) is 3. The zero-order valence-corrected chi connectivity index (χ0v) is 11.4. The molecule has 19 heavy (non-hydrogen) atoms. The standard InChI is InChI=1S/C15H19N3O/c1-12-11-15(19)18(13(2)17-12)10-6-9-16-14-7-4-3-5-8-14/h3-5,7-8,11,16H,6,9-10H2,1-2H3. The predicted octanol–water partition coefficient (Wildman–Crippen LogP) is 2.36. The van der Waals surface area contributed by atoms with Crippen molar-refractivity contribution in [3.05, 3.63) is 58.3 Å². The number of rotatable bonds is 5. The quantitative estimate of drug-likeness (QED) is 0.836. The van der Waals surface area contributed by atoms with Gasteiger partial charge in [-0.05, 0) is 32.4 Å². The van der Waals surface area contributed by atoms with Crippen LogP contribution in [-0.2, 0) is 6.54 Å². The van der Waals surface area contributed by atoms with E-state index >= 15 is 0 Å². The molecule has 0 amide bonds. The van der Waals surface area contributed by atoms with Crippen LogP contribution in [0, 0.1) is 13.8 Å². The van der Waals surface area contributed by atoms with Crippen LogP contribution in [0.1, 0.15) is 17.9 Å². The van der Waals surface area contributed by atoms with Crippen LogP contribution in [0.3, 0.4) is 0 Å². The molecule has 0 aliphatic heterocycles. The molecule has 0 atom stereocenters. The number of aromatic nitrogens is 2. The molecule has 4 nitrogen and oxygen atoms in total. The second-order valence-corrected chi connectivity index (χ2v) is 4.58. The summed E-state index contributed by atoms with van der Waals surface area (Å²) >= 11 is 0. The van der Waals surface area contributed by atoms with E-state index < -0.39 is 0 Å². The van der Waals surface area contributed by atoms with Crippen LogP contribution in [0.25, 0.3) is 0 Å². The molecule has 0 aliphatic carbocycles. The van der Waals surface area contributed by atoms with E-state index in [2.05, 4.69) is 10.3 Å². The average Bonchev–Trinajstić information content (AvgIpc) is 2.38. The molecule has 4 heteroatoms. The van der Waals surface area contributed by atoms with Crippen molar-refractivity contribution >= 4 is 5.69 Å². The second-order valence-electron chi connectivity index (χ2n) is 4.58. The second kappa shape index (κ2) is 6.18. The molecule has 0 bridgehead atoms. The Kier molecular flexibility index (Phi) is 4.34. The first kappa shape index (κ1) is 13.3. The Balaban J connectivity index is 1.88. The number of nitrogens with zero attached hydrogens (tertiary/aromatic N) is 2. The van der Waals surface area contributed by atoms with Gasteiger partial charge in [-0.2, -0.15) is 0 Å². The largest absolute Gasteiger partial charge is 0.385 e. The van der Waals surface area contributed by atoms with Gasteiger partial charge in [0.2, 0.25) is 0 Å². The third-order valence-corrected chi connectivity index (χ3v) is 2.99. The Morgan fingerprint density at radius 2 is 1.95 bits per heavy atom. The Morgan fingerprint density at radius 3 is 2.63 bits per heavy atom. The fraction of sp³-hybridized carbons (Fsp3) is 0.333. The summed E-state index contributed by atoms with van der Waals surface area (Å²) in [5.74, 6) is 0.782. The van der Waals surface area contributed by atoms with Crippen molar-refractivity contribution in [2.45, 2.75) is 26.8 Å². The van der Waals surface area contributed by atoms with Crippen molar-refractivity contribution < 1.29 is 0 Å². The number of benzene rings is 1. The first-order valence-electron chi connectivity index (χ1n) is 6.51. The Hall–Kier alpha value is -2.10. The molecule has 1 aromatic carbocycles. The van der Waals surface area contributed by atoms with Gasteiger partial charge in [0.25, 0.3) is 5.56 Å². The summed E-state index contributed by atoms with van der Waals surface area (Å²) in [5, 5.41) is 3.33. The van der Waals surface area contributed by atoms with Crippen molar-refractivity contribution in [2.75, 3.05) is 11.9 Å². The van der Waals surface area contributed by atoms with Gasteiger partial charge in [-0.3, -0.25) is 9.36 Å². The van der Waals surface area contributed by atoms with Gasteiger partial charge in [0.1, 0.15) is 5.82 Å². The van der Waals surface area contributed by atoms with E-state index in [0.29, 0.717) is 6.54 Å². The van der Waals surface area contributed by atoms with E-state index in [9.17, 15) is 4.79 Å². The Morgan fingerprint density at radius 1 is 1.21 bits per heavy atom. The summed E-state index contributed by atoms with van der Waals surface area (Å²) < 4.78 is 1.72. The molecule has 2 aromatic rings. The molecule has 100 valence electrons.